The number of hydrogen-bond donors (Lipinski definition) is 2. The number of amides is 1. The van der Waals surface area contributed by atoms with E-state index in [4.69, 9.17) is 10.7 Å². The van der Waals surface area contributed by atoms with Crippen LogP contribution in [0.3, 0.4) is 0 Å². The molecule has 2 aliphatic heterocycles. The molecule has 1 saturated carbocycles. The van der Waals surface area contributed by atoms with Crippen LogP contribution < -0.4 is 11.1 Å². The summed E-state index contributed by atoms with van der Waals surface area (Å²) in [6.07, 6.45) is 2.12. The SMILES string of the molecule is Nc1ccc(C=CS(=O)(=O)N2CCC3(CC2)N=C(C2CCCCC2)NC3=O)c(C(F)(F)F)c1. The van der Waals surface area contributed by atoms with Crippen LogP contribution in [0.25, 0.3) is 6.08 Å². The molecule has 0 radical (unpaired) electrons. The molecule has 1 spiro atoms. The normalized spacial score (nSPS) is 22.6. The number of carbonyl (C=O) groups excluding carboxylic acids is 1. The molecular formula is C22H27F3N4O3S. The fourth-order valence-electron chi connectivity index (χ4n) is 4.77. The van der Waals surface area contributed by atoms with Crippen LogP contribution in [0, 0.1) is 5.92 Å². The van der Waals surface area contributed by atoms with Crippen LogP contribution in [-0.4, -0.2) is 43.1 Å². The van der Waals surface area contributed by atoms with Gasteiger partial charge in [-0.2, -0.15) is 17.5 Å². The quantitative estimate of drug-likeness (QED) is 0.638. The van der Waals surface area contributed by atoms with Crippen molar-refractivity contribution in [2.45, 2.75) is 56.7 Å². The van der Waals surface area contributed by atoms with Crippen LogP contribution in [0.2, 0.25) is 0 Å². The van der Waals surface area contributed by atoms with E-state index in [1.165, 1.54) is 16.8 Å². The Balaban J connectivity index is 1.47. The average Bonchev–Trinajstić information content (AvgIpc) is 3.09. The minimum absolute atomic E-state index is 0.0633. The molecule has 1 saturated heterocycles. The lowest BCUT2D eigenvalue weighted by atomic mass is 9.88. The summed E-state index contributed by atoms with van der Waals surface area (Å²) >= 11 is 0. The monoisotopic (exact) mass is 484 g/mol. The summed E-state index contributed by atoms with van der Waals surface area (Å²) < 4.78 is 66.6. The maximum absolute atomic E-state index is 13.3. The highest BCUT2D eigenvalue weighted by atomic mass is 32.2. The highest BCUT2D eigenvalue weighted by Gasteiger charge is 2.48. The number of nitrogens with one attached hydrogen (secondary N) is 1. The number of nitrogen functional groups attached to an aromatic ring is 1. The smallest absolute Gasteiger partial charge is 0.399 e. The van der Waals surface area contributed by atoms with Crippen molar-refractivity contribution in [1.82, 2.24) is 9.62 Å². The van der Waals surface area contributed by atoms with Crippen molar-refractivity contribution in [3.8, 4) is 0 Å². The van der Waals surface area contributed by atoms with E-state index in [1.54, 1.807) is 0 Å². The number of piperidine rings is 1. The predicted molar refractivity (Wildman–Crippen MR) is 120 cm³/mol. The van der Waals surface area contributed by atoms with Crippen molar-refractivity contribution in [1.29, 1.82) is 0 Å². The zero-order valence-corrected chi connectivity index (χ0v) is 18.9. The number of hydrogen-bond acceptors (Lipinski definition) is 5. The van der Waals surface area contributed by atoms with E-state index in [9.17, 15) is 26.4 Å². The molecule has 11 heteroatoms. The maximum Gasteiger partial charge on any atom is 0.417 e. The standard InChI is InChI=1S/C22H27F3N4O3S/c23-22(24,25)18-14-17(26)7-6-15(18)8-13-33(31,32)29-11-9-21(10-12-29)20(30)27-19(28-21)16-4-2-1-3-5-16/h6-8,13-14,16H,1-5,9-12,26H2,(H,27,28,30). The summed E-state index contributed by atoms with van der Waals surface area (Å²) in [6, 6.07) is 3.20. The van der Waals surface area contributed by atoms with Crippen LogP contribution in [0.5, 0.6) is 0 Å². The Kier molecular flexibility index (Phi) is 6.30. The molecular weight excluding hydrogens is 457 g/mol. The molecule has 33 heavy (non-hydrogen) atoms. The van der Waals surface area contributed by atoms with Gasteiger partial charge in [-0.1, -0.05) is 25.3 Å². The van der Waals surface area contributed by atoms with Crippen LogP contribution in [0.1, 0.15) is 56.1 Å². The molecule has 1 aromatic carbocycles. The fourth-order valence-corrected chi connectivity index (χ4v) is 5.95. The Labute approximate surface area is 191 Å². The lowest BCUT2D eigenvalue weighted by Crippen LogP contribution is -2.50. The summed E-state index contributed by atoms with van der Waals surface area (Å²) in [5, 5.41) is 3.70. The first kappa shape index (κ1) is 23.7. The minimum atomic E-state index is -4.67. The van der Waals surface area contributed by atoms with Gasteiger partial charge in [0.25, 0.3) is 5.91 Å². The van der Waals surface area contributed by atoms with Gasteiger partial charge in [-0.05, 0) is 49.5 Å². The fraction of sp³-hybridized carbons (Fsp3) is 0.545. The first-order valence-corrected chi connectivity index (χ1v) is 12.6. The number of alkyl halides is 3. The van der Waals surface area contributed by atoms with Crippen molar-refractivity contribution in [2.24, 2.45) is 10.9 Å². The number of halogens is 3. The number of nitrogens with zero attached hydrogens (tertiary/aromatic N) is 2. The van der Waals surface area contributed by atoms with E-state index in [0.29, 0.717) is 0 Å². The van der Waals surface area contributed by atoms with E-state index in [0.717, 1.165) is 55.1 Å². The number of aliphatic imine (C=N–C) groups is 1. The number of anilines is 1. The Morgan fingerprint density at radius 2 is 1.82 bits per heavy atom. The summed E-state index contributed by atoms with van der Waals surface area (Å²) in [4.78, 5) is 17.4. The zero-order valence-electron chi connectivity index (χ0n) is 18.1. The summed E-state index contributed by atoms with van der Waals surface area (Å²) in [5.41, 5.74) is 3.15. The number of carbonyl (C=O) groups is 1. The summed E-state index contributed by atoms with van der Waals surface area (Å²) in [6.45, 7) is 0.130. The largest absolute Gasteiger partial charge is 0.417 e. The molecule has 7 nitrogen and oxygen atoms in total. The van der Waals surface area contributed by atoms with Gasteiger partial charge in [0.1, 0.15) is 11.4 Å². The van der Waals surface area contributed by atoms with E-state index >= 15 is 0 Å². The van der Waals surface area contributed by atoms with E-state index in [2.05, 4.69) is 5.32 Å². The molecule has 1 aliphatic carbocycles. The van der Waals surface area contributed by atoms with E-state index in [-0.39, 0.29) is 49.0 Å². The van der Waals surface area contributed by atoms with Gasteiger partial charge in [0.05, 0.1) is 5.56 Å². The van der Waals surface area contributed by atoms with Crippen molar-refractivity contribution in [3.05, 3.63) is 34.7 Å². The molecule has 3 aliphatic rings. The highest BCUT2D eigenvalue weighted by Crippen LogP contribution is 2.36. The van der Waals surface area contributed by atoms with E-state index < -0.39 is 27.3 Å². The molecule has 4 rings (SSSR count). The molecule has 0 atom stereocenters. The Morgan fingerprint density at radius 1 is 1.15 bits per heavy atom. The second-order valence-corrected chi connectivity index (χ2v) is 10.7. The molecule has 2 fully saturated rings. The third-order valence-corrected chi connectivity index (χ3v) is 8.27. The highest BCUT2D eigenvalue weighted by molar-refractivity contribution is 7.92. The molecule has 0 aromatic heterocycles. The van der Waals surface area contributed by atoms with Gasteiger partial charge in [0.15, 0.2) is 0 Å². The molecule has 0 unspecified atom stereocenters. The van der Waals surface area contributed by atoms with Gasteiger partial charge in [-0.15, -0.1) is 0 Å². The van der Waals surface area contributed by atoms with Crippen molar-refractivity contribution < 1.29 is 26.4 Å². The predicted octanol–water partition coefficient (Wildman–Crippen LogP) is 3.53. The van der Waals surface area contributed by atoms with E-state index in [1.807, 2.05) is 0 Å². The Hall–Kier alpha value is -2.40. The number of nitrogens with two attached hydrogens (primary N) is 1. The number of rotatable bonds is 4. The zero-order chi connectivity index (χ0) is 23.9. The average molecular weight is 485 g/mol. The minimum Gasteiger partial charge on any atom is -0.399 e. The van der Waals surface area contributed by atoms with Gasteiger partial charge in [0.2, 0.25) is 10.0 Å². The Bertz CT molecular complexity index is 1080. The third kappa shape index (κ3) is 4.93. The second kappa shape index (κ2) is 8.75. The molecule has 2 heterocycles. The third-order valence-electron chi connectivity index (χ3n) is 6.70. The van der Waals surface area contributed by atoms with Crippen LogP contribution in [0.4, 0.5) is 18.9 Å². The molecule has 0 bridgehead atoms. The van der Waals surface area contributed by atoms with Crippen LogP contribution >= 0.6 is 0 Å². The molecule has 1 amide bonds. The van der Waals surface area contributed by atoms with Crippen LogP contribution in [0.15, 0.2) is 28.6 Å². The Morgan fingerprint density at radius 3 is 2.45 bits per heavy atom. The number of sulfonamides is 1. The lowest BCUT2D eigenvalue weighted by molar-refractivity contribution is -0.137. The van der Waals surface area contributed by atoms with Gasteiger partial charge in [-0.3, -0.25) is 9.79 Å². The van der Waals surface area contributed by atoms with Gasteiger partial charge in [0, 0.05) is 30.1 Å². The van der Waals surface area contributed by atoms with Crippen molar-refractivity contribution >= 4 is 33.5 Å². The first-order valence-electron chi connectivity index (χ1n) is 11.1. The van der Waals surface area contributed by atoms with Gasteiger partial charge in [-0.25, -0.2) is 8.42 Å². The molecule has 1 aromatic rings. The summed E-state index contributed by atoms with van der Waals surface area (Å²) in [5.74, 6) is 0.779. The topological polar surface area (TPSA) is 105 Å². The first-order chi connectivity index (χ1) is 15.5. The van der Waals surface area contributed by atoms with Crippen molar-refractivity contribution in [2.75, 3.05) is 18.8 Å². The summed E-state index contributed by atoms with van der Waals surface area (Å²) in [7, 11) is -3.98. The number of benzene rings is 1. The van der Waals surface area contributed by atoms with Gasteiger partial charge >= 0.3 is 6.18 Å². The number of amidine groups is 1. The van der Waals surface area contributed by atoms with Gasteiger partial charge < -0.3 is 11.1 Å². The van der Waals surface area contributed by atoms with Crippen molar-refractivity contribution in [3.63, 3.8) is 0 Å². The second-order valence-electron chi connectivity index (χ2n) is 8.91. The molecule has 3 N–H and O–H groups in total. The molecule has 180 valence electrons. The maximum atomic E-state index is 13.3. The van der Waals surface area contributed by atoms with Crippen LogP contribution in [-0.2, 0) is 21.0 Å². The lowest BCUT2D eigenvalue weighted by Gasteiger charge is -2.34.